The summed E-state index contributed by atoms with van der Waals surface area (Å²) < 4.78 is 12.6. The summed E-state index contributed by atoms with van der Waals surface area (Å²) in [6.07, 6.45) is 5.27. The van der Waals surface area contributed by atoms with Gasteiger partial charge in [0.25, 0.3) is 5.91 Å². The van der Waals surface area contributed by atoms with Gasteiger partial charge in [0.05, 0.1) is 11.2 Å². The molecule has 1 aliphatic heterocycles. The summed E-state index contributed by atoms with van der Waals surface area (Å²) in [5, 5.41) is 3.05. The Balaban J connectivity index is 1.96. The van der Waals surface area contributed by atoms with Gasteiger partial charge in [-0.05, 0) is 95.2 Å². The number of anilines is 1. The summed E-state index contributed by atoms with van der Waals surface area (Å²) in [6, 6.07) is 12.2. The minimum Gasteiger partial charge on any atom is -0.399 e. The third-order valence-corrected chi connectivity index (χ3v) is 6.83. The third kappa shape index (κ3) is 5.11. The zero-order valence-corrected chi connectivity index (χ0v) is 21.7. The average molecular weight is 457 g/mol. The molecule has 1 saturated heterocycles. The molecule has 0 aliphatic carbocycles. The van der Waals surface area contributed by atoms with Gasteiger partial charge in [0, 0.05) is 11.3 Å². The molecule has 1 fully saturated rings. The van der Waals surface area contributed by atoms with Crippen LogP contribution < -0.4 is 10.8 Å². The Kier molecular flexibility index (Phi) is 7.39. The van der Waals surface area contributed by atoms with Gasteiger partial charge in [0.15, 0.2) is 0 Å². The molecule has 0 aromatic heterocycles. The summed E-state index contributed by atoms with van der Waals surface area (Å²) in [4.78, 5) is 12.9. The molecule has 0 saturated carbocycles. The van der Waals surface area contributed by atoms with Crippen LogP contribution in [0.25, 0.3) is 11.1 Å². The smallest absolute Gasteiger partial charge is 0.399 e. The fourth-order valence-corrected chi connectivity index (χ4v) is 3.92. The molecule has 1 N–H and O–H groups in total. The van der Waals surface area contributed by atoms with Crippen molar-refractivity contribution in [1.82, 2.24) is 0 Å². The van der Waals surface area contributed by atoms with E-state index in [9.17, 15) is 4.79 Å². The number of hydrogen-bond donors (Lipinski definition) is 1. The standard InChI is InChI=1S/C29H36BNO3/c1-10-22(18-17-19(2)3)27(32)31-26-16-12-14-24(21(26)5)23-13-11-15-25(20(23)4)30-33-28(6,7)29(8,9)34-30/h10-18H,1H2,2-9H3,(H,31,32)/b22-18+. The SMILES string of the molecule is C=C/C(=C\C=C(C)C)C(=O)Nc1cccc(-c2cccc(B3OC(C)(C)C(C)(C)O3)c2C)c1C. The molecule has 2 aromatic rings. The van der Waals surface area contributed by atoms with Gasteiger partial charge in [-0.1, -0.05) is 54.6 Å². The first-order valence-corrected chi connectivity index (χ1v) is 11.7. The predicted molar refractivity (Wildman–Crippen MR) is 143 cm³/mol. The van der Waals surface area contributed by atoms with Crippen molar-refractivity contribution in [2.45, 2.75) is 66.6 Å². The Labute approximate surface area is 204 Å². The van der Waals surface area contributed by atoms with E-state index in [2.05, 4.69) is 64.7 Å². The Hall–Kier alpha value is -2.89. The molecule has 0 radical (unpaired) electrons. The van der Waals surface area contributed by atoms with E-state index in [1.54, 1.807) is 12.2 Å². The Morgan fingerprint density at radius 2 is 1.47 bits per heavy atom. The van der Waals surface area contributed by atoms with E-state index in [0.29, 0.717) is 5.57 Å². The van der Waals surface area contributed by atoms with Crippen molar-refractivity contribution < 1.29 is 14.1 Å². The lowest BCUT2D eigenvalue weighted by Crippen LogP contribution is -2.41. The van der Waals surface area contributed by atoms with E-state index < -0.39 is 18.3 Å². The molecule has 5 heteroatoms. The van der Waals surface area contributed by atoms with E-state index >= 15 is 0 Å². The van der Waals surface area contributed by atoms with Crippen molar-refractivity contribution in [2.75, 3.05) is 5.32 Å². The normalized spacial score (nSPS) is 16.8. The second kappa shape index (κ2) is 9.77. The lowest BCUT2D eigenvalue weighted by atomic mass is 9.74. The van der Waals surface area contributed by atoms with Crippen molar-refractivity contribution in [3.63, 3.8) is 0 Å². The van der Waals surface area contributed by atoms with Gasteiger partial charge < -0.3 is 14.6 Å². The fraction of sp³-hybridized carbons (Fsp3) is 0.345. The van der Waals surface area contributed by atoms with Crippen LogP contribution >= 0.6 is 0 Å². The van der Waals surface area contributed by atoms with Gasteiger partial charge in [-0.3, -0.25) is 4.79 Å². The monoisotopic (exact) mass is 457 g/mol. The minimum atomic E-state index is -0.427. The van der Waals surface area contributed by atoms with E-state index in [4.69, 9.17) is 9.31 Å². The second-order valence-corrected chi connectivity index (χ2v) is 10.1. The van der Waals surface area contributed by atoms with Gasteiger partial charge in [0.2, 0.25) is 0 Å². The highest BCUT2D eigenvalue weighted by atomic mass is 16.7. The summed E-state index contributed by atoms with van der Waals surface area (Å²) in [5.74, 6) is -0.185. The Morgan fingerprint density at radius 3 is 2.03 bits per heavy atom. The lowest BCUT2D eigenvalue weighted by Gasteiger charge is -2.32. The van der Waals surface area contributed by atoms with Crippen LogP contribution in [-0.2, 0) is 14.1 Å². The molecule has 0 atom stereocenters. The van der Waals surface area contributed by atoms with Crippen LogP contribution in [0, 0.1) is 13.8 Å². The summed E-state index contributed by atoms with van der Waals surface area (Å²) in [5.41, 5.74) is 6.86. The molecule has 0 unspecified atom stereocenters. The number of carbonyl (C=O) groups excluding carboxylic acids is 1. The van der Waals surface area contributed by atoms with E-state index in [1.165, 1.54) is 0 Å². The number of benzene rings is 2. The van der Waals surface area contributed by atoms with Gasteiger partial charge in [-0.15, -0.1) is 0 Å². The number of nitrogens with one attached hydrogen (secondary N) is 1. The first-order valence-electron chi connectivity index (χ1n) is 11.7. The molecule has 1 heterocycles. The Bertz CT molecular complexity index is 1150. The minimum absolute atomic E-state index is 0.185. The number of allylic oxidation sites excluding steroid dienone is 3. The second-order valence-electron chi connectivity index (χ2n) is 10.1. The van der Waals surface area contributed by atoms with Crippen LogP contribution in [0.1, 0.15) is 52.7 Å². The van der Waals surface area contributed by atoms with Crippen LogP contribution in [0.5, 0.6) is 0 Å². The first-order chi connectivity index (χ1) is 15.9. The van der Waals surface area contributed by atoms with Crippen molar-refractivity contribution >= 4 is 24.2 Å². The van der Waals surface area contributed by atoms with Gasteiger partial charge in [0.1, 0.15) is 0 Å². The highest BCUT2D eigenvalue weighted by molar-refractivity contribution is 6.62. The first kappa shape index (κ1) is 25.7. The molecule has 4 nitrogen and oxygen atoms in total. The maximum atomic E-state index is 12.9. The highest BCUT2D eigenvalue weighted by Crippen LogP contribution is 2.37. The molecule has 0 spiro atoms. The van der Waals surface area contributed by atoms with Gasteiger partial charge in [-0.25, -0.2) is 0 Å². The highest BCUT2D eigenvalue weighted by Gasteiger charge is 2.52. The Morgan fingerprint density at radius 1 is 0.912 bits per heavy atom. The molecule has 0 bridgehead atoms. The molecule has 1 aliphatic rings. The summed E-state index contributed by atoms with van der Waals surface area (Å²) in [7, 11) is -0.427. The van der Waals surface area contributed by atoms with Crippen LogP contribution in [0.3, 0.4) is 0 Å². The van der Waals surface area contributed by atoms with Crippen molar-refractivity contribution in [1.29, 1.82) is 0 Å². The van der Waals surface area contributed by atoms with E-state index in [0.717, 1.165) is 39.0 Å². The summed E-state index contributed by atoms with van der Waals surface area (Å²) in [6.45, 7) is 20.1. The molecular weight excluding hydrogens is 421 g/mol. The number of hydrogen-bond acceptors (Lipinski definition) is 3. The topological polar surface area (TPSA) is 47.6 Å². The largest absolute Gasteiger partial charge is 0.495 e. The molecule has 3 rings (SSSR count). The van der Waals surface area contributed by atoms with Crippen LogP contribution in [-0.4, -0.2) is 24.2 Å². The number of rotatable bonds is 6. The molecule has 1 amide bonds. The van der Waals surface area contributed by atoms with E-state index in [-0.39, 0.29) is 5.91 Å². The maximum Gasteiger partial charge on any atom is 0.495 e. The zero-order valence-electron chi connectivity index (χ0n) is 21.7. The maximum absolute atomic E-state index is 12.9. The van der Waals surface area contributed by atoms with Gasteiger partial charge >= 0.3 is 7.12 Å². The number of carbonyl (C=O) groups is 1. The molecule has 178 valence electrons. The van der Waals surface area contributed by atoms with Crippen LogP contribution in [0.4, 0.5) is 5.69 Å². The molecule has 2 aromatic carbocycles. The fourth-order valence-electron chi connectivity index (χ4n) is 3.92. The average Bonchev–Trinajstić information content (AvgIpc) is 2.97. The molecule has 34 heavy (non-hydrogen) atoms. The quantitative estimate of drug-likeness (QED) is 0.315. The number of amides is 1. The third-order valence-electron chi connectivity index (χ3n) is 6.83. The van der Waals surface area contributed by atoms with Gasteiger partial charge in [-0.2, -0.15) is 0 Å². The predicted octanol–water partition coefficient (Wildman–Crippen LogP) is 6.29. The van der Waals surface area contributed by atoms with Crippen LogP contribution in [0.2, 0.25) is 0 Å². The zero-order chi connectivity index (χ0) is 25.3. The summed E-state index contributed by atoms with van der Waals surface area (Å²) >= 11 is 0. The van der Waals surface area contributed by atoms with Crippen LogP contribution in [0.15, 0.2) is 72.4 Å². The van der Waals surface area contributed by atoms with Crippen molar-refractivity contribution in [2.24, 2.45) is 0 Å². The lowest BCUT2D eigenvalue weighted by molar-refractivity contribution is -0.112. The van der Waals surface area contributed by atoms with Crippen molar-refractivity contribution in [3.8, 4) is 11.1 Å². The van der Waals surface area contributed by atoms with E-state index in [1.807, 2.05) is 45.0 Å². The molecular formula is C29H36BNO3. The van der Waals surface area contributed by atoms with Crippen molar-refractivity contribution in [3.05, 3.63) is 83.5 Å².